The largest absolute Gasteiger partial charge is 0.322 e. The minimum absolute atomic E-state index is 0.291. The van der Waals surface area contributed by atoms with E-state index in [4.69, 9.17) is 0 Å². The first-order valence-electron chi connectivity index (χ1n) is 10.4. The molecule has 5 nitrogen and oxygen atoms in total. The number of hydrogen-bond donors (Lipinski definition) is 1. The summed E-state index contributed by atoms with van der Waals surface area (Å²) >= 11 is 0. The summed E-state index contributed by atoms with van der Waals surface area (Å²) in [4.78, 5) is 28.0. The number of anilines is 1. The van der Waals surface area contributed by atoms with Crippen molar-refractivity contribution in [3.05, 3.63) is 106 Å². The van der Waals surface area contributed by atoms with Gasteiger partial charge >= 0.3 is 0 Å². The van der Waals surface area contributed by atoms with E-state index in [0.717, 1.165) is 22.3 Å². The molecule has 1 heterocycles. The third-order valence-electron chi connectivity index (χ3n) is 5.86. The monoisotopic (exact) mass is 421 g/mol. The van der Waals surface area contributed by atoms with Crippen LogP contribution in [0.4, 0.5) is 5.69 Å². The molecule has 1 atom stereocenters. The molecule has 5 heteroatoms. The number of carbonyl (C=O) groups is 2. The Morgan fingerprint density at radius 1 is 0.875 bits per heavy atom. The minimum Gasteiger partial charge on any atom is -0.322 e. The number of allylic oxidation sites excluding steroid dienone is 1. The molecule has 0 aromatic heterocycles. The number of nitrogens with one attached hydrogen (secondary N) is 1. The highest BCUT2D eigenvalue weighted by atomic mass is 16.2. The number of carbonyl (C=O) groups excluding carboxylic acids is 2. The summed E-state index contributed by atoms with van der Waals surface area (Å²) in [5.74, 6) is -0.611. The summed E-state index contributed by atoms with van der Waals surface area (Å²) in [7, 11) is 0. The lowest BCUT2D eigenvalue weighted by Gasteiger charge is -2.36. The summed E-state index contributed by atoms with van der Waals surface area (Å²) in [6, 6.07) is 22.9. The molecule has 0 saturated carbocycles. The molecule has 1 aliphatic heterocycles. The van der Waals surface area contributed by atoms with Crippen molar-refractivity contribution in [2.75, 3.05) is 4.90 Å². The number of fused-ring (bicyclic) bond motifs is 1. The lowest BCUT2D eigenvalue weighted by atomic mass is 9.90. The van der Waals surface area contributed by atoms with Crippen LogP contribution in [-0.2, 0) is 0 Å². The van der Waals surface area contributed by atoms with Gasteiger partial charge in [0.25, 0.3) is 11.8 Å². The van der Waals surface area contributed by atoms with Gasteiger partial charge in [0, 0.05) is 16.7 Å². The van der Waals surface area contributed by atoms with E-state index in [9.17, 15) is 14.9 Å². The van der Waals surface area contributed by atoms with Crippen LogP contribution in [0.2, 0.25) is 0 Å². The third kappa shape index (κ3) is 3.67. The Morgan fingerprint density at radius 2 is 1.44 bits per heavy atom. The van der Waals surface area contributed by atoms with E-state index in [2.05, 4.69) is 11.4 Å². The number of benzene rings is 3. The second-order valence-corrected chi connectivity index (χ2v) is 7.89. The number of aryl methyl sites for hydroxylation is 2. The summed E-state index contributed by atoms with van der Waals surface area (Å²) in [6.45, 7) is 5.86. The maximum Gasteiger partial charge on any atom is 0.259 e. The average molecular weight is 422 g/mol. The highest BCUT2D eigenvalue weighted by Gasteiger charge is 2.37. The molecule has 0 saturated heterocycles. The number of hydrogen-bond acceptors (Lipinski definition) is 3. The summed E-state index contributed by atoms with van der Waals surface area (Å²) in [5.41, 5.74) is 5.74. The molecule has 3 aromatic carbocycles. The average Bonchev–Trinajstić information content (AvgIpc) is 2.82. The van der Waals surface area contributed by atoms with Crippen LogP contribution < -0.4 is 10.2 Å². The molecule has 1 N–H and O–H groups in total. The molecule has 32 heavy (non-hydrogen) atoms. The zero-order chi connectivity index (χ0) is 22.8. The molecule has 1 aliphatic rings. The van der Waals surface area contributed by atoms with Crippen LogP contribution in [0, 0.1) is 25.2 Å². The lowest BCUT2D eigenvalue weighted by molar-refractivity contribution is 0.0950. The van der Waals surface area contributed by atoms with E-state index >= 15 is 0 Å². The van der Waals surface area contributed by atoms with Crippen molar-refractivity contribution in [3.8, 4) is 6.07 Å². The van der Waals surface area contributed by atoms with E-state index in [-0.39, 0.29) is 11.8 Å². The van der Waals surface area contributed by atoms with E-state index in [0.29, 0.717) is 22.5 Å². The molecule has 158 valence electrons. The fourth-order valence-corrected chi connectivity index (χ4v) is 3.93. The molecule has 3 aromatic rings. The minimum atomic E-state index is -0.968. The summed E-state index contributed by atoms with van der Waals surface area (Å²) in [5, 5.41) is 13.1. The predicted molar refractivity (Wildman–Crippen MR) is 125 cm³/mol. The van der Waals surface area contributed by atoms with Crippen LogP contribution in [0.5, 0.6) is 0 Å². The molecule has 1 unspecified atom stereocenters. The maximum absolute atomic E-state index is 13.6. The van der Waals surface area contributed by atoms with E-state index in [1.165, 1.54) is 4.90 Å². The van der Waals surface area contributed by atoms with E-state index < -0.39 is 6.04 Å². The maximum atomic E-state index is 13.6. The van der Waals surface area contributed by atoms with Gasteiger partial charge < -0.3 is 5.32 Å². The van der Waals surface area contributed by atoms with Gasteiger partial charge in [0.1, 0.15) is 0 Å². The van der Waals surface area contributed by atoms with Gasteiger partial charge in [-0.15, -0.1) is 0 Å². The Balaban J connectivity index is 1.87. The standard InChI is InChI=1S/C27H23N3O2/c1-17-14-22-19(3)25(29-26(31)20-10-6-4-7-11-20)24(16-28)30(23(22)15-18(17)2)27(32)21-12-8-5-9-13-21/h4-15,24H,1-3H3,(H,29,31). The first-order chi connectivity index (χ1) is 15.4. The van der Waals surface area contributed by atoms with Gasteiger partial charge in [0.05, 0.1) is 17.5 Å². The SMILES string of the molecule is CC1=C(NC(=O)c2ccccc2)C(C#N)N(C(=O)c2ccccc2)c2cc(C)c(C)cc21. The molecule has 0 aliphatic carbocycles. The topological polar surface area (TPSA) is 73.2 Å². The third-order valence-corrected chi connectivity index (χ3v) is 5.86. The Bertz CT molecular complexity index is 1270. The Kier molecular flexibility index (Phi) is 5.61. The predicted octanol–water partition coefficient (Wildman–Crippen LogP) is 5.02. The van der Waals surface area contributed by atoms with Gasteiger partial charge in [-0.3, -0.25) is 14.5 Å². The van der Waals surface area contributed by atoms with Gasteiger partial charge in [-0.05, 0) is 73.9 Å². The van der Waals surface area contributed by atoms with Gasteiger partial charge in [-0.2, -0.15) is 5.26 Å². The number of nitrogens with zero attached hydrogens (tertiary/aromatic N) is 2. The molecule has 4 rings (SSSR count). The van der Waals surface area contributed by atoms with Crippen molar-refractivity contribution in [1.29, 1.82) is 5.26 Å². The molecule has 0 bridgehead atoms. The van der Waals surface area contributed by atoms with Crippen molar-refractivity contribution in [1.82, 2.24) is 5.32 Å². The quantitative estimate of drug-likeness (QED) is 0.646. The van der Waals surface area contributed by atoms with Gasteiger partial charge in [-0.1, -0.05) is 36.4 Å². The van der Waals surface area contributed by atoms with Crippen LogP contribution in [0.15, 0.2) is 78.5 Å². The highest BCUT2D eigenvalue weighted by Crippen LogP contribution is 2.39. The van der Waals surface area contributed by atoms with Gasteiger partial charge in [0.15, 0.2) is 6.04 Å². The molecule has 0 spiro atoms. The lowest BCUT2D eigenvalue weighted by Crippen LogP contribution is -2.48. The Morgan fingerprint density at radius 3 is 2.03 bits per heavy atom. The second kappa shape index (κ2) is 8.52. The van der Waals surface area contributed by atoms with Crippen LogP contribution in [0.3, 0.4) is 0 Å². The number of nitriles is 1. The van der Waals surface area contributed by atoms with Crippen LogP contribution in [0.25, 0.3) is 5.57 Å². The fraction of sp³-hybridized carbons (Fsp3) is 0.148. The molecule has 0 fully saturated rings. The first kappa shape index (κ1) is 21.1. The van der Waals surface area contributed by atoms with Crippen molar-refractivity contribution in [2.45, 2.75) is 26.8 Å². The van der Waals surface area contributed by atoms with Crippen molar-refractivity contribution in [2.24, 2.45) is 0 Å². The highest BCUT2D eigenvalue weighted by molar-refractivity contribution is 6.10. The normalized spacial score (nSPS) is 15.1. The fourth-order valence-electron chi connectivity index (χ4n) is 3.93. The molecular weight excluding hydrogens is 398 g/mol. The molecule has 0 radical (unpaired) electrons. The zero-order valence-corrected chi connectivity index (χ0v) is 18.2. The Labute approximate surface area is 187 Å². The molecule has 2 amide bonds. The zero-order valence-electron chi connectivity index (χ0n) is 18.2. The van der Waals surface area contributed by atoms with Gasteiger partial charge in [-0.25, -0.2) is 0 Å². The second-order valence-electron chi connectivity index (χ2n) is 7.89. The van der Waals surface area contributed by atoms with Crippen LogP contribution in [-0.4, -0.2) is 17.9 Å². The van der Waals surface area contributed by atoms with Gasteiger partial charge in [0.2, 0.25) is 0 Å². The van der Waals surface area contributed by atoms with Crippen molar-refractivity contribution < 1.29 is 9.59 Å². The smallest absolute Gasteiger partial charge is 0.259 e. The number of amides is 2. The van der Waals surface area contributed by atoms with Crippen LogP contribution in [0.1, 0.15) is 44.3 Å². The first-order valence-corrected chi connectivity index (χ1v) is 10.4. The molecular formula is C27H23N3O2. The van der Waals surface area contributed by atoms with Crippen molar-refractivity contribution in [3.63, 3.8) is 0 Å². The van der Waals surface area contributed by atoms with Crippen LogP contribution >= 0.6 is 0 Å². The van der Waals surface area contributed by atoms with E-state index in [1.54, 1.807) is 48.5 Å². The van der Waals surface area contributed by atoms with Crippen molar-refractivity contribution >= 4 is 23.1 Å². The summed E-state index contributed by atoms with van der Waals surface area (Å²) < 4.78 is 0. The Hall–Kier alpha value is -4.17. The summed E-state index contributed by atoms with van der Waals surface area (Å²) in [6.07, 6.45) is 0. The number of rotatable bonds is 3. The van der Waals surface area contributed by atoms with E-state index in [1.807, 2.05) is 45.0 Å².